The van der Waals surface area contributed by atoms with E-state index < -0.39 is 28.9 Å². The number of benzene rings is 2. The summed E-state index contributed by atoms with van der Waals surface area (Å²) in [5.74, 6) is -3.31. The third kappa shape index (κ3) is 3.81. The fourth-order valence-corrected chi connectivity index (χ4v) is 2.29. The molecule has 0 aliphatic rings. The highest BCUT2D eigenvalue weighted by Crippen LogP contribution is 2.19. The van der Waals surface area contributed by atoms with E-state index in [2.05, 4.69) is 10.4 Å². The first-order valence-corrected chi connectivity index (χ1v) is 7.60. The van der Waals surface area contributed by atoms with Gasteiger partial charge in [0.1, 0.15) is 17.5 Å². The molecule has 0 bridgehead atoms. The summed E-state index contributed by atoms with van der Waals surface area (Å²) >= 11 is 0. The number of rotatable bonds is 4. The molecule has 0 radical (unpaired) electrons. The van der Waals surface area contributed by atoms with Gasteiger partial charge in [0, 0.05) is 6.07 Å². The first-order valence-electron chi connectivity index (χ1n) is 7.60. The first-order chi connectivity index (χ1) is 12.9. The van der Waals surface area contributed by atoms with Gasteiger partial charge in [-0.2, -0.15) is 9.78 Å². The maximum Gasteiger partial charge on any atom is 0.280 e. The molecule has 27 heavy (non-hydrogen) atoms. The van der Waals surface area contributed by atoms with Gasteiger partial charge in [-0.15, -0.1) is 0 Å². The van der Waals surface area contributed by atoms with E-state index in [9.17, 15) is 22.8 Å². The number of anilines is 1. The number of halogens is 3. The van der Waals surface area contributed by atoms with E-state index in [-0.39, 0.29) is 22.8 Å². The second-order valence-electron chi connectivity index (χ2n) is 5.37. The highest BCUT2D eigenvalue weighted by atomic mass is 19.1. The lowest BCUT2D eigenvalue weighted by atomic mass is 10.2. The van der Waals surface area contributed by atoms with Crippen molar-refractivity contribution in [1.29, 1.82) is 0 Å². The lowest BCUT2D eigenvalue weighted by molar-refractivity contribution is 0.101. The summed E-state index contributed by atoms with van der Waals surface area (Å²) < 4.78 is 45.7. The van der Waals surface area contributed by atoms with Crippen molar-refractivity contribution in [2.45, 2.75) is 0 Å². The number of aromatic nitrogens is 2. The Balaban J connectivity index is 2.02. The van der Waals surface area contributed by atoms with Gasteiger partial charge < -0.3 is 10.1 Å². The number of methoxy groups -OCH3 is 1. The minimum Gasteiger partial charge on any atom is -0.494 e. The van der Waals surface area contributed by atoms with Crippen LogP contribution in [0, 0.1) is 17.5 Å². The van der Waals surface area contributed by atoms with Crippen molar-refractivity contribution >= 4 is 11.6 Å². The van der Waals surface area contributed by atoms with Gasteiger partial charge in [0.15, 0.2) is 11.4 Å². The summed E-state index contributed by atoms with van der Waals surface area (Å²) in [4.78, 5) is 24.7. The predicted octanol–water partition coefficient (Wildman–Crippen LogP) is 2.91. The Labute approximate surface area is 150 Å². The largest absolute Gasteiger partial charge is 0.494 e. The number of nitrogens with zero attached hydrogens (tertiary/aromatic N) is 2. The van der Waals surface area contributed by atoms with Gasteiger partial charge >= 0.3 is 0 Å². The predicted molar refractivity (Wildman–Crippen MR) is 90.7 cm³/mol. The molecule has 6 nitrogen and oxygen atoms in total. The van der Waals surface area contributed by atoms with Crippen LogP contribution in [0.5, 0.6) is 5.75 Å². The van der Waals surface area contributed by atoms with Crippen molar-refractivity contribution in [2.75, 3.05) is 12.4 Å². The van der Waals surface area contributed by atoms with Crippen LogP contribution >= 0.6 is 0 Å². The van der Waals surface area contributed by atoms with E-state index in [1.54, 1.807) is 0 Å². The molecule has 1 heterocycles. The molecule has 1 N–H and O–H groups in total. The zero-order valence-corrected chi connectivity index (χ0v) is 13.9. The van der Waals surface area contributed by atoms with E-state index in [1.165, 1.54) is 19.2 Å². The van der Waals surface area contributed by atoms with Crippen LogP contribution in [0.3, 0.4) is 0 Å². The van der Waals surface area contributed by atoms with E-state index >= 15 is 0 Å². The van der Waals surface area contributed by atoms with Crippen molar-refractivity contribution in [3.05, 3.63) is 82.0 Å². The number of ether oxygens (including phenoxy) is 1. The van der Waals surface area contributed by atoms with E-state index in [0.717, 1.165) is 35.0 Å². The molecule has 0 spiro atoms. The molecule has 3 rings (SSSR count). The average Bonchev–Trinajstić information content (AvgIpc) is 2.64. The minimum atomic E-state index is -0.978. The lowest BCUT2D eigenvalue weighted by Gasteiger charge is -2.12. The fourth-order valence-electron chi connectivity index (χ4n) is 2.29. The van der Waals surface area contributed by atoms with Gasteiger partial charge in [-0.3, -0.25) is 9.59 Å². The topological polar surface area (TPSA) is 73.2 Å². The molecule has 1 amide bonds. The Bertz CT molecular complexity index is 1070. The molecule has 1 aromatic heterocycles. The van der Waals surface area contributed by atoms with Crippen molar-refractivity contribution in [3.63, 3.8) is 0 Å². The Hall–Kier alpha value is -3.62. The van der Waals surface area contributed by atoms with Gasteiger partial charge in [0.25, 0.3) is 11.5 Å². The van der Waals surface area contributed by atoms with E-state index in [1.807, 2.05) is 0 Å². The van der Waals surface area contributed by atoms with Crippen molar-refractivity contribution in [3.8, 4) is 11.4 Å². The van der Waals surface area contributed by atoms with Crippen LogP contribution in [-0.2, 0) is 0 Å². The molecule has 0 saturated heterocycles. The van der Waals surface area contributed by atoms with Crippen LogP contribution in [0.1, 0.15) is 10.5 Å². The van der Waals surface area contributed by atoms with E-state index in [4.69, 9.17) is 4.74 Å². The third-order valence-electron chi connectivity index (χ3n) is 3.58. The minimum absolute atomic E-state index is 0.140. The quantitative estimate of drug-likeness (QED) is 0.761. The summed E-state index contributed by atoms with van der Waals surface area (Å²) in [5, 5.41) is 6.17. The highest BCUT2D eigenvalue weighted by Gasteiger charge is 2.19. The van der Waals surface area contributed by atoms with Gasteiger partial charge in [0.2, 0.25) is 0 Å². The molecule has 138 valence electrons. The molecular weight excluding hydrogens is 363 g/mol. The van der Waals surface area contributed by atoms with Crippen LogP contribution in [0.15, 0.2) is 53.3 Å². The normalized spacial score (nSPS) is 10.5. The monoisotopic (exact) mass is 375 g/mol. The average molecular weight is 375 g/mol. The Morgan fingerprint density at radius 3 is 2.33 bits per heavy atom. The zero-order chi connectivity index (χ0) is 19.6. The van der Waals surface area contributed by atoms with Gasteiger partial charge in [0.05, 0.1) is 24.6 Å². The van der Waals surface area contributed by atoms with Crippen LogP contribution < -0.4 is 15.6 Å². The number of hydrogen-bond acceptors (Lipinski definition) is 4. The number of carbonyl (C=O) groups is 1. The first kappa shape index (κ1) is 18.2. The Morgan fingerprint density at radius 1 is 1.04 bits per heavy atom. The molecule has 3 aromatic rings. The van der Waals surface area contributed by atoms with Gasteiger partial charge in [-0.25, -0.2) is 13.2 Å². The number of nitrogens with one attached hydrogen (secondary N) is 1. The maximum atomic E-state index is 13.8. The van der Waals surface area contributed by atoms with Crippen molar-refractivity contribution in [2.24, 2.45) is 0 Å². The Morgan fingerprint density at radius 2 is 1.70 bits per heavy atom. The number of hydrogen-bond donors (Lipinski definition) is 1. The second kappa shape index (κ2) is 7.32. The maximum absolute atomic E-state index is 13.8. The van der Waals surface area contributed by atoms with Crippen LogP contribution in [0.25, 0.3) is 5.69 Å². The van der Waals surface area contributed by atoms with Crippen LogP contribution in [0.4, 0.5) is 18.9 Å². The van der Waals surface area contributed by atoms with E-state index in [0.29, 0.717) is 6.07 Å². The molecule has 0 aliphatic carbocycles. The van der Waals surface area contributed by atoms with Crippen LogP contribution in [-0.4, -0.2) is 22.8 Å². The SMILES string of the molecule is COc1cc(=O)n(-c2ccc(F)cc2)nc1C(=O)Nc1ccc(F)cc1F. The zero-order valence-electron chi connectivity index (χ0n) is 13.9. The number of carbonyl (C=O) groups excluding carboxylic acids is 1. The Kier molecular flexibility index (Phi) is 4.93. The molecule has 0 unspecified atom stereocenters. The number of amides is 1. The lowest BCUT2D eigenvalue weighted by Crippen LogP contribution is -2.26. The molecule has 0 aliphatic heterocycles. The third-order valence-corrected chi connectivity index (χ3v) is 3.58. The van der Waals surface area contributed by atoms with Gasteiger partial charge in [-0.1, -0.05) is 0 Å². The molecule has 0 atom stereocenters. The fraction of sp³-hybridized carbons (Fsp3) is 0.0556. The summed E-state index contributed by atoms with van der Waals surface area (Å²) in [7, 11) is 1.23. The molecule has 2 aromatic carbocycles. The summed E-state index contributed by atoms with van der Waals surface area (Å²) in [5.41, 5.74) is -0.996. The molecule has 9 heteroatoms. The molecule has 0 fully saturated rings. The van der Waals surface area contributed by atoms with Crippen molar-refractivity contribution < 1.29 is 22.7 Å². The second-order valence-corrected chi connectivity index (χ2v) is 5.37. The highest BCUT2D eigenvalue weighted by molar-refractivity contribution is 6.04. The van der Waals surface area contributed by atoms with Crippen LogP contribution in [0.2, 0.25) is 0 Å². The van der Waals surface area contributed by atoms with Gasteiger partial charge in [-0.05, 0) is 36.4 Å². The summed E-state index contributed by atoms with van der Waals surface area (Å²) in [6.07, 6.45) is 0. The molecular formula is C18H12F3N3O3. The molecule has 0 saturated carbocycles. The summed E-state index contributed by atoms with van der Waals surface area (Å²) in [6, 6.07) is 8.51. The standard InChI is InChI=1S/C18H12F3N3O3/c1-27-15-9-16(25)24(12-5-2-10(19)3-6-12)23-17(15)18(26)22-14-7-4-11(20)8-13(14)21/h2-9H,1H3,(H,22,26). The smallest absolute Gasteiger partial charge is 0.280 e. The van der Waals surface area contributed by atoms with Crippen molar-refractivity contribution in [1.82, 2.24) is 9.78 Å². The summed E-state index contributed by atoms with van der Waals surface area (Å²) in [6.45, 7) is 0.